The Kier molecular flexibility index (Phi) is 5.99. The highest BCUT2D eigenvalue weighted by molar-refractivity contribution is 9.10. The standard InChI is InChI=1S/C17H22BrN3O3/c1-17(2,3)24-16(23)19-9-5-4-6-14-20-13-10-11(18)7-8-12(13)15(22)21-14/h7-8,10H,4-6,9H2,1-3H3,(H,19,23)(H,20,21,22). The SMILES string of the molecule is CC(C)(C)OC(=O)NCCCCc1nc2cc(Br)ccc2c(=O)[nH]1. The highest BCUT2D eigenvalue weighted by atomic mass is 79.9. The van der Waals surface area contributed by atoms with Crippen LogP contribution < -0.4 is 10.9 Å². The first-order valence-corrected chi connectivity index (χ1v) is 8.69. The smallest absolute Gasteiger partial charge is 0.407 e. The van der Waals surface area contributed by atoms with Gasteiger partial charge >= 0.3 is 6.09 Å². The normalized spacial score (nSPS) is 11.5. The highest BCUT2D eigenvalue weighted by Gasteiger charge is 2.15. The molecule has 0 fully saturated rings. The third-order valence-electron chi connectivity index (χ3n) is 3.23. The van der Waals surface area contributed by atoms with Gasteiger partial charge in [0.05, 0.1) is 10.9 Å². The lowest BCUT2D eigenvalue weighted by atomic mass is 10.2. The number of hydrogen-bond acceptors (Lipinski definition) is 4. The van der Waals surface area contributed by atoms with Crippen molar-refractivity contribution < 1.29 is 9.53 Å². The predicted octanol–water partition coefficient (Wildman–Crippen LogP) is 3.53. The lowest BCUT2D eigenvalue weighted by Gasteiger charge is -2.19. The summed E-state index contributed by atoms with van der Waals surface area (Å²) in [6, 6.07) is 5.40. The quantitative estimate of drug-likeness (QED) is 0.758. The minimum Gasteiger partial charge on any atom is -0.444 e. The average molecular weight is 396 g/mol. The molecule has 0 aliphatic heterocycles. The summed E-state index contributed by atoms with van der Waals surface area (Å²) in [6.45, 7) is 6.00. The van der Waals surface area contributed by atoms with E-state index in [-0.39, 0.29) is 5.56 Å². The van der Waals surface area contributed by atoms with Crippen LogP contribution in [0.25, 0.3) is 10.9 Å². The maximum Gasteiger partial charge on any atom is 0.407 e. The van der Waals surface area contributed by atoms with E-state index >= 15 is 0 Å². The maximum atomic E-state index is 12.0. The molecule has 0 saturated heterocycles. The van der Waals surface area contributed by atoms with Gasteiger partial charge in [-0.3, -0.25) is 4.79 Å². The van der Waals surface area contributed by atoms with Gasteiger partial charge in [-0.05, 0) is 51.8 Å². The Hall–Kier alpha value is -1.89. The van der Waals surface area contributed by atoms with E-state index < -0.39 is 11.7 Å². The van der Waals surface area contributed by atoms with Crippen LogP contribution in [0.2, 0.25) is 0 Å². The van der Waals surface area contributed by atoms with Crippen LogP contribution in [0.15, 0.2) is 27.5 Å². The molecule has 0 aliphatic carbocycles. The fourth-order valence-electron chi connectivity index (χ4n) is 2.20. The van der Waals surface area contributed by atoms with Gasteiger partial charge in [0.2, 0.25) is 0 Å². The molecule has 1 aromatic heterocycles. The first kappa shape index (κ1) is 18.4. The number of nitrogens with zero attached hydrogens (tertiary/aromatic N) is 1. The molecule has 0 unspecified atom stereocenters. The number of unbranched alkanes of at least 4 members (excludes halogenated alkanes) is 1. The van der Waals surface area contributed by atoms with Crippen molar-refractivity contribution in [3.05, 3.63) is 38.9 Å². The van der Waals surface area contributed by atoms with Gasteiger partial charge in [0.15, 0.2) is 0 Å². The van der Waals surface area contributed by atoms with Crippen LogP contribution in [0, 0.1) is 0 Å². The molecule has 2 rings (SSSR count). The topological polar surface area (TPSA) is 84.1 Å². The second-order valence-electron chi connectivity index (χ2n) is 6.56. The second-order valence-corrected chi connectivity index (χ2v) is 7.48. The van der Waals surface area contributed by atoms with E-state index in [0.717, 1.165) is 17.3 Å². The molecule has 0 saturated carbocycles. The van der Waals surface area contributed by atoms with Gasteiger partial charge in [0, 0.05) is 17.4 Å². The molecule has 6 nitrogen and oxygen atoms in total. The molecular weight excluding hydrogens is 374 g/mol. The Balaban J connectivity index is 1.84. The Morgan fingerprint density at radius 1 is 1.33 bits per heavy atom. The fraction of sp³-hybridized carbons (Fsp3) is 0.471. The number of aromatic nitrogens is 2. The summed E-state index contributed by atoms with van der Waals surface area (Å²) in [4.78, 5) is 30.8. The minimum absolute atomic E-state index is 0.130. The van der Waals surface area contributed by atoms with Crippen LogP contribution in [-0.4, -0.2) is 28.2 Å². The monoisotopic (exact) mass is 395 g/mol. The highest BCUT2D eigenvalue weighted by Crippen LogP contribution is 2.15. The van der Waals surface area contributed by atoms with Crippen molar-refractivity contribution in [1.29, 1.82) is 0 Å². The molecule has 1 amide bonds. The fourth-order valence-corrected chi connectivity index (χ4v) is 2.55. The number of halogens is 1. The van der Waals surface area contributed by atoms with E-state index in [0.29, 0.717) is 29.7 Å². The number of nitrogens with one attached hydrogen (secondary N) is 2. The van der Waals surface area contributed by atoms with Gasteiger partial charge in [0.1, 0.15) is 11.4 Å². The number of benzene rings is 1. The zero-order valence-corrected chi connectivity index (χ0v) is 15.7. The number of amides is 1. The molecule has 0 bridgehead atoms. The van der Waals surface area contributed by atoms with Crippen LogP contribution >= 0.6 is 15.9 Å². The van der Waals surface area contributed by atoms with Crippen LogP contribution in [0.4, 0.5) is 4.79 Å². The number of aryl methyl sites for hydroxylation is 1. The van der Waals surface area contributed by atoms with Gasteiger partial charge < -0.3 is 15.0 Å². The van der Waals surface area contributed by atoms with E-state index in [1.54, 1.807) is 6.07 Å². The molecule has 0 spiro atoms. The Morgan fingerprint density at radius 2 is 2.08 bits per heavy atom. The van der Waals surface area contributed by atoms with Crippen molar-refractivity contribution in [3.8, 4) is 0 Å². The van der Waals surface area contributed by atoms with Crippen molar-refractivity contribution in [2.75, 3.05) is 6.54 Å². The Labute approximate surface area is 149 Å². The maximum absolute atomic E-state index is 12.0. The molecule has 2 N–H and O–H groups in total. The molecule has 2 aromatic rings. The molecule has 130 valence electrons. The van der Waals surface area contributed by atoms with Gasteiger partial charge in [0.25, 0.3) is 5.56 Å². The summed E-state index contributed by atoms with van der Waals surface area (Å²) in [6.07, 6.45) is 1.82. The third-order valence-corrected chi connectivity index (χ3v) is 3.72. The summed E-state index contributed by atoms with van der Waals surface area (Å²) in [5.74, 6) is 0.655. The molecule has 24 heavy (non-hydrogen) atoms. The number of carbonyl (C=O) groups excluding carboxylic acids is 1. The minimum atomic E-state index is -0.493. The predicted molar refractivity (Wildman–Crippen MR) is 97.2 cm³/mol. The van der Waals surface area contributed by atoms with Crippen molar-refractivity contribution >= 4 is 32.9 Å². The first-order valence-electron chi connectivity index (χ1n) is 7.90. The molecule has 7 heteroatoms. The summed E-state index contributed by atoms with van der Waals surface area (Å²) in [7, 11) is 0. The summed E-state index contributed by atoms with van der Waals surface area (Å²) in [5, 5.41) is 3.29. The number of aromatic amines is 1. The van der Waals surface area contributed by atoms with E-state index in [4.69, 9.17) is 4.74 Å². The van der Waals surface area contributed by atoms with Gasteiger partial charge in [-0.1, -0.05) is 15.9 Å². The van der Waals surface area contributed by atoms with Crippen LogP contribution in [-0.2, 0) is 11.2 Å². The number of fused-ring (bicyclic) bond motifs is 1. The Bertz CT molecular complexity index is 781. The number of rotatable bonds is 5. The average Bonchev–Trinajstić information content (AvgIpc) is 2.44. The van der Waals surface area contributed by atoms with Gasteiger partial charge in [-0.25, -0.2) is 9.78 Å². The summed E-state index contributed by atoms with van der Waals surface area (Å²) in [5.41, 5.74) is 0.0525. The summed E-state index contributed by atoms with van der Waals surface area (Å²) >= 11 is 3.38. The van der Waals surface area contributed by atoms with E-state index in [2.05, 4.69) is 31.2 Å². The summed E-state index contributed by atoms with van der Waals surface area (Å²) < 4.78 is 6.05. The molecule has 1 aromatic carbocycles. The third kappa shape index (κ3) is 5.63. The molecule has 0 aliphatic rings. The first-order chi connectivity index (χ1) is 11.2. The molecule has 0 radical (unpaired) electrons. The second kappa shape index (κ2) is 7.79. The Morgan fingerprint density at radius 3 is 2.79 bits per heavy atom. The van der Waals surface area contributed by atoms with Crippen LogP contribution in [0.1, 0.15) is 39.4 Å². The van der Waals surface area contributed by atoms with E-state index in [9.17, 15) is 9.59 Å². The van der Waals surface area contributed by atoms with Crippen molar-refractivity contribution in [3.63, 3.8) is 0 Å². The van der Waals surface area contributed by atoms with Crippen molar-refractivity contribution in [2.24, 2.45) is 0 Å². The molecule has 1 heterocycles. The zero-order valence-electron chi connectivity index (χ0n) is 14.1. The number of hydrogen-bond donors (Lipinski definition) is 2. The molecule has 0 atom stereocenters. The van der Waals surface area contributed by atoms with Crippen molar-refractivity contribution in [1.82, 2.24) is 15.3 Å². The van der Waals surface area contributed by atoms with Gasteiger partial charge in [-0.2, -0.15) is 0 Å². The van der Waals surface area contributed by atoms with Crippen LogP contribution in [0.5, 0.6) is 0 Å². The van der Waals surface area contributed by atoms with Gasteiger partial charge in [-0.15, -0.1) is 0 Å². The number of H-pyrrole nitrogens is 1. The largest absolute Gasteiger partial charge is 0.444 e. The number of alkyl carbamates (subject to hydrolysis) is 1. The lowest BCUT2D eigenvalue weighted by molar-refractivity contribution is 0.0527. The number of carbonyl (C=O) groups is 1. The zero-order chi connectivity index (χ0) is 17.7. The lowest BCUT2D eigenvalue weighted by Crippen LogP contribution is -2.33. The van der Waals surface area contributed by atoms with Crippen molar-refractivity contribution in [2.45, 2.75) is 45.6 Å². The van der Waals surface area contributed by atoms with Crippen LogP contribution in [0.3, 0.4) is 0 Å². The molecular formula is C17H22BrN3O3. The van der Waals surface area contributed by atoms with E-state index in [1.165, 1.54) is 0 Å². The number of ether oxygens (including phenoxy) is 1. The van der Waals surface area contributed by atoms with E-state index in [1.807, 2.05) is 32.9 Å².